The Balaban J connectivity index is 1.74. The van der Waals surface area contributed by atoms with E-state index in [9.17, 15) is 9.18 Å². The molecule has 1 N–H and O–H groups in total. The van der Waals surface area contributed by atoms with Crippen LogP contribution in [0.4, 0.5) is 15.9 Å². The van der Waals surface area contributed by atoms with Crippen molar-refractivity contribution in [2.75, 3.05) is 18.4 Å². The van der Waals surface area contributed by atoms with E-state index in [0.29, 0.717) is 23.1 Å². The largest absolute Gasteiger partial charge is 0.340 e. The third-order valence-electron chi connectivity index (χ3n) is 3.95. The average Bonchev–Trinajstić information content (AvgIpc) is 2.56. The summed E-state index contributed by atoms with van der Waals surface area (Å²) in [6, 6.07) is 7.59. The van der Waals surface area contributed by atoms with Crippen LogP contribution in [0.25, 0.3) is 0 Å². The molecule has 1 amide bonds. The van der Waals surface area contributed by atoms with Crippen LogP contribution in [0.5, 0.6) is 0 Å². The van der Waals surface area contributed by atoms with Crippen LogP contribution in [-0.2, 0) is 0 Å². The smallest absolute Gasteiger partial charge is 0.272 e. The molecule has 5 nitrogen and oxygen atoms in total. The summed E-state index contributed by atoms with van der Waals surface area (Å²) in [6.07, 6.45) is 3.55. The Bertz CT molecular complexity index is 689. The Hall–Kier alpha value is -2.50. The van der Waals surface area contributed by atoms with Crippen LogP contribution in [0.3, 0.4) is 0 Å². The Labute approximate surface area is 134 Å². The van der Waals surface area contributed by atoms with Gasteiger partial charge in [-0.25, -0.2) is 14.4 Å². The quantitative estimate of drug-likeness (QED) is 0.945. The molecule has 1 saturated heterocycles. The molecule has 23 heavy (non-hydrogen) atoms. The zero-order valence-electron chi connectivity index (χ0n) is 13.0. The summed E-state index contributed by atoms with van der Waals surface area (Å²) in [5.74, 6) is 0.667. The Morgan fingerprint density at radius 2 is 2.09 bits per heavy atom. The highest BCUT2D eigenvalue weighted by Gasteiger charge is 2.23. The minimum atomic E-state index is -0.298. The number of benzene rings is 1. The van der Waals surface area contributed by atoms with Crippen molar-refractivity contribution >= 4 is 17.4 Å². The van der Waals surface area contributed by atoms with Crippen molar-refractivity contribution in [3.63, 3.8) is 0 Å². The second-order valence-electron chi connectivity index (χ2n) is 5.92. The van der Waals surface area contributed by atoms with Crippen molar-refractivity contribution in [3.8, 4) is 0 Å². The normalized spacial score (nSPS) is 17.8. The summed E-state index contributed by atoms with van der Waals surface area (Å²) in [4.78, 5) is 22.6. The van der Waals surface area contributed by atoms with Crippen LogP contribution in [0, 0.1) is 11.7 Å². The van der Waals surface area contributed by atoms with Gasteiger partial charge < -0.3 is 10.2 Å². The molecule has 1 aromatic carbocycles. The van der Waals surface area contributed by atoms with Gasteiger partial charge in [-0.15, -0.1) is 0 Å². The Morgan fingerprint density at radius 3 is 2.83 bits per heavy atom. The van der Waals surface area contributed by atoms with Crippen molar-refractivity contribution < 1.29 is 9.18 Å². The summed E-state index contributed by atoms with van der Waals surface area (Å²) in [5, 5.41) is 3.05. The number of rotatable bonds is 3. The van der Waals surface area contributed by atoms with Crippen molar-refractivity contribution in [3.05, 3.63) is 48.2 Å². The third kappa shape index (κ3) is 3.83. The molecular weight excluding hydrogens is 295 g/mol. The second-order valence-corrected chi connectivity index (χ2v) is 5.92. The van der Waals surface area contributed by atoms with Gasteiger partial charge in [-0.2, -0.15) is 0 Å². The van der Waals surface area contributed by atoms with Crippen molar-refractivity contribution in [1.82, 2.24) is 14.9 Å². The van der Waals surface area contributed by atoms with Gasteiger partial charge in [0.05, 0.1) is 0 Å². The first-order chi connectivity index (χ1) is 11.1. The number of likely N-dealkylation sites (tertiary alicyclic amines) is 1. The highest BCUT2D eigenvalue weighted by Crippen LogP contribution is 2.19. The van der Waals surface area contributed by atoms with Gasteiger partial charge in [0, 0.05) is 24.8 Å². The van der Waals surface area contributed by atoms with E-state index in [-0.39, 0.29) is 11.7 Å². The standard InChI is InChI=1S/C17H19FN4O/c1-12-3-2-8-22(10-12)17(23)15-9-16(20-11-19-15)21-14-6-4-13(18)5-7-14/h4-7,9,11-12H,2-3,8,10H2,1H3,(H,19,20,21). The fraction of sp³-hybridized carbons (Fsp3) is 0.353. The first-order valence-electron chi connectivity index (χ1n) is 7.76. The fourth-order valence-corrected chi connectivity index (χ4v) is 2.76. The summed E-state index contributed by atoms with van der Waals surface area (Å²) in [6.45, 7) is 3.69. The van der Waals surface area contributed by atoms with Crippen molar-refractivity contribution in [2.24, 2.45) is 5.92 Å². The van der Waals surface area contributed by atoms with Crippen LogP contribution < -0.4 is 5.32 Å². The number of carbonyl (C=O) groups excluding carboxylic acids is 1. The minimum Gasteiger partial charge on any atom is -0.340 e. The first-order valence-corrected chi connectivity index (χ1v) is 7.76. The van der Waals surface area contributed by atoms with Gasteiger partial charge >= 0.3 is 0 Å². The number of piperidine rings is 1. The van der Waals surface area contributed by atoms with Gasteiger partial charge in [0.2, 0.25) is 0 Å². The fourth-order valence-electron chi connectivity index (χ4n) is 2.76. The molecule has 2 heterocycles. The lowest BCUT2D eigenvalue weighted by atomic mass is 10.00. The van der Waals surface area contributed by atoms with Crippen molar-refractivity contribution in [1.29, 1.82) is 0 Å². The molecule has 0 radical (unpaired) electrons. The van der Waals surface area contributed by atoms with Crippen LogP contribution >= 0.6 is 0 Å². The molecule has 0 saturated carbocycles. The van der Waals surface area contributed by atoms with E-state index < -0.39 is 0 Å². The maximum Gasteiger partial charge on any atom is 0.272 e. The number of hydrogen-bond acceptors (Lipinski definition) is 4. The molecule has 1 fully saturated rings. The number of halogens is 1. The minimum absolute atomic E-state index is 0.0684. The van der Waals surface area contributed by atoms with Gasteiger partial charge in [0.15, 0.2) is 0 Å². The van der Waals surface area contributed by atoms with E-state index in [2.05, 4.69) is 22.2 Å². The molecule has 0 aliphatic carbocycles. The van der Waals surface area contributed by atoms with E-state index in [1.54, 1.807) is 18.2 Å². The lowest BCUT2D eigenvalue weighted by Crippen LogP contribution is -2.39. The molecule has 1 aliphatic rings. The number of carbonyl (C=O) groups is 1. The van der Waals surface area contributed by atoms with Gasteiger partial charge in [0.1, 0.15) is 23.7 Å². The van der Waals surface area contributed by atoms with Gasteiger partial charge in [-0.1, -0.05) is 6.92 Å². The maximum absolute atomic E-state index is 12.9. The van der Waals surface area contributed by atoms with Gasteiger partial charge in [-0.05, 0) is 43.0 Å². The average molecular weight is 314 g/mol. The summed E-state index contributed by atoms with van der Waals surface area (Å²) >= 11 is 0. The number of amides is 1. The zero-order valence-corrected chi connectivity index (χ0v) is 13.0. The zero-order chi connectivity index (χ0) is 16.2. The Kier molecular flexibility index (Phi) is 4.50. The molecule has 1 aliphatic heterocycles. The number of hydrogen-bond donors (Lipinski definition) is 1. The maximum atomic E-state index is 12.9. The second kappa shape index (κ2) is 6.73. The number of anilines is 2. The van der Waals surface area contributed by atoms with E-state index in [1.165, 1.54) is 18.5 Å². The van der Waals surface area contributed by atoms with Crippen LogP contribution in [0.15, 0.2) is 36.7 Å². The molecule has 1 atom stereocenters. The lowest BCUT2D eigenvalue weighted by Gasteiger charge is -2.30. The third-order valence-corrected chi connectivity index (χ3v) is 3.95. The van der Waals surface area contributed by atoms with E-state index >= 15 is 0 Å². The van der Waals surface area contributed by atoms with E-state index in [0.717, 1.165) is 25.9 Å². The SMILES string of the molecule is CC1CCCN(C(=O)c2cc(Nc3ccc(F)cc3)ncn2)C1. The van der Waals surface area contributed by atoms with E-state index in [4.69, 9.17) is 0 Å². The van der Waals surface area contributed by atoms with Gasteiger partial charge in [0.25, 0.3) is 5.91 Å². The van der Waals surface area contributed by atoms with Crippen LogP contribution in [-0.4, -0.2) is 33.9 Å². The molecule has 6 heteroatoms. The molecule has 3 rings (SSSR count). The van der Waals surface area contributed by atoms with Crippen LogP contribution in [0.2, 0.25) is 0 Å². The molecule has 1 aromatic heterocycles. The molecule has 0 spiro atoms. The molecule has 120 valence electrons. The predicted octanol–water partition coefficient (Wildman–Crippen LogP) is 3.23. The van der Waals surface area contributed by atoms with Gasteiger partial charge in [-0.3, -0.25) is 4.79 Å². The lowest BCUT2D eigenvalue weighted by molar-refractivity contribution is 0.0677. The summed E-state index contributed by atoms with van der Waals surface area (Å²) in [7, 11) is 0. The summed E-state index contributed by atoms with van der Waals surface area (Å²) in [5.41, 5.74) is 1.08. The molecule has 1 unspecified atom stereocenters. The first kappa shape index (κ1) is 15.4. The van der Waals surface area contributed by atoms with Crippen molar-refractivity contribution in [2.45, 2.75) is 19.8 Å². The summed E-state index contributed by atoms with van der Waals surface area (Å²) < 4.78 is 12.9. The Morgan fingerprint density at radius 1 is 1.30 bits per heavy atom. The number of nitrogens with zero attached hydrogens (tertiary/aromatic N) is 3. The highest BCUT2D eigenvalue weighted by molar-refractivity contribution is 5.93. The molecule has 2 aromatic rings. The molecule has 0 bridgehead atoms. The highest BCUT2D eigenvalue weighted by atomic mass is 19.1. The number of aromatic nitrogens is 2. The monoisotopic (exact) mass is 314 g/mol. The number of nitrogens with one attached hydrogen (secondary N) is 1. The molecular formula is C17H19FN4O. The van der Waals surface area contributed by atoms with Crippen LogP contribution in [0.1, 0.15) is 30.3 Å². The predicted molar refractivity (Wildman–Crippen MR) is 86.0 cm³/mol. The van der Waals surface area contributed by atoms with E-state index in [1.807, 2.05) is 4.90 Å². The topological polar surface area (TPSA) is 58.1 Å².